The zero-order valence-corrected chi connectivity index (χ0v) is 12.2. The van der Waals surface area contributed by atoms with Gasteiger partial charge in [0.25, 0.3) is 5.91 Å². The lowest BCUT2D eigenvalue weighted by Crippen LogP contribution is -2.38. The van der Waals surface area contributed by atoms with E-state index < -0.39 is 12.1 Å². The van der Waals surface area contributed by atoms with Crippen LogP contribution in [-0.2, 0) is 9.53 Å². The van der Waals surface area contributed by atoms with Crippen LogP contribution in [0, 0.1) is 0 Å². The van der Waals surface area contributed by atoms with Crippen LogP contribution in [0.5, 0.6) is 0 Å². The summed E-state index contributed by atoms with van der Waals surface area (Å²) in [6, 6.07) is 11.3. The summed E-state index contributed by atoms with van der Waals surface area (Å²) >= 11 is 0. The molecule has 4 rings (SSSR count). The maximum Gasteiger partial charge on any atom is 0.251 e. The molecule has 0 bridgehead atoms. The number of ether oxygens (including phenoxy) is 1. The van der Waals surface area contributed by atoms with Gasteiger partial charge in [0.1, 0.15) is 0 Å². The molecule has 2 aromatic rings. The van der Waals surface area contributed by atoms with Gasteiger partial charge in [-0.05, 0) is 25.0 Å². The summed E-state index contributed by atoms with van der Waals surface area (Å²) in [5.41, 5.74) is 1.66. The van der Waals surface area contributed by atoms with Crippen LogP contribution < -0.4 is 0 Å². The van der Waals surface area contributed by atoms with Gasteiger partial charge in [0.15, 0.2) is 18.5 Å². The van der Waals surface area contributed by atoms with E-state index in [0.717, 1.165) is 42.5 Å². The lowest BCUT2D eigenvalue weighted by Gasteiger charge is -2.22. The molecule has 112 valence electrons. The maximum atomic E-state index is 12.6. The van der Waals surface area contributed by atoms with Crippen molar-refractivity contribution >= 4 is 23.2 Å². The SMILES string of the molecule is O=C([C@@H]1N=CO[C@H]1c1ccc2ccccc2n1)N1CCCC1. The third-order valence-electron chi connectivity index (χ3n) is 4.30. The number of aromatic nitrogens is 1. The number of hydrogen-bond acceptors (Lipinski definition) is 4. The van der Waals surface area contributed by atoms with Gasteiger partial charge in [0, 0.05) is 18.5 Å². The molecule has 2 aliphatic rings. The molecule has 1 fully saturated rings. The van der Waals surface area contributed by atoms with Crippen molar-refractivity contribution in [1.82, 2.24) is 9.88 Å². The van der Waals surface area contributed by atoms with Gasteiger partial charge in [-0.15, -0.1) is 0 Å². The van der Waals surface area contributed by atoms with E-state index in [1.54, 1.807) is 0 Å². The number of benzene rings is 1. The van der Waals surface area contributed by atoms with Crippen LogP contribution in [0.2, 0.25) is 0 Å². The molecule has 0 radical (unpaired) electrons. The highest BCUT2D eigenvalue weighted by molar-refractivity contribution is 5.86. The van der Waals surface area contributed by atoms with Gasteiger partial charge in [-0.25, -0.2) is 9.98 Å². The van der Waals surface area contributed by atoms with E-state index in [-0.39, 0.29) is 5.91 Å². The first-order valence-electron chi connectivity index (χ1n) is 7.64. The minimum absolute atomic E-state index is 0.0474. The van der Waals surface area contributed by atoms with Crippen LogP contribution in [0.25, 0.3) is 10.9 Å². The van der Waals surface area contributed by atoms with Crippen LogP contribution in [0.1, 0.15) is 24.6 Å². The molecule has 1 amide bonds. The maximum absolute atomic E-state index is 12.6. The molecule has 0 N–H and O–H groups in total. The lowest BCUT2D eigenvalue weighted by atomic mass is 10.1. The highest BCUT2D eigenvalue weighted by Gasteiger charge is 2.38. The van der Waals surface area contributed by atoms with Gasteiger partial charge in [0.05, 0.1) is 11.2 Å². The standard InChI is InChI=1S/C17H17N3O2/c21-17(20-9-3-4-10-20)15-16(22-11-18-15)14-8-7-12-5-1-2-6-13(12)19-14/h1-2,5-8,11,15-16H,3-4,9-10H2/t15-,16+/m1/s1. The van der Waals surface area contributed by atoms with Crippen molar-refractivity contribution in [2.75, 3.05) is 13.1 Å². The molecule has 1 aromatic carbocycles. The van der Waals surface area contributed by atoms with E-state index in [9.17, 15) is 4.79 Å². The van der Waals surface area contributed by atoms with Crippen LogP contribution in [-0.4, -0.2) is 41.3 Å². The summed E-state index contributed by atoms with van der Waals surface area (Å²) < 4.78 is 5.58. The Morgan fingerprint density at radius 3 is 2.82 bits per heavy atom. The fraction of sp³-hybridized carbons (Fsp3) is 0.353. The molecule has 5 heteroatoms. The van der Waals surface area contributed by atoms with Gasteiger partial charge in [-0.3, -0.25) is 4.79 Å². The highest BCUT2D eigenvalue weighted by Crippen LogP contribution is 2.29. The minimum Gasteiger partial charge on any atom is -0.471 e. The first-order chi connectivity index (χ1) is 10.8. The fourth-order valence-corrected chi connectivity index (χ4v) is 3.11. The van der Waals surface area contributed by atoms with E-state index in [0.29, 0.717) is 0 Å². The van der Waals surface area contributed by atoms with Crippen LogP contribution in [0.3, 0.4) is 0 Å². The van der Waals surface area contributed by atoms with E-state index in [4.69, 9.17) is 4.74 Å². The molecule has 1 aromatic heterocycles. The fourth-order valence-electron chi connectivity index (χ4n) is 3.11. The summed E-state index contributed by atoms with van der Waals surface area (Å²) in [5, 5.41) is 1.08. The van der Waals surface area contributed by atoms with E-state index >= 15 is 0 Å². The van der Waals surface area contributed by atoms with Crippen LogP contribution in [0.15, 0.2) is 41.4 Å². The van der Waals surface area contributed by atoms with Crippen molar-refractivity contribution in [3.05, 3.63) is 42.1 Å². The normalized spacial score (nSPS) is 23.9. The molecule has 2 atom stereocenters. The predicted molar refractivity (Wildman–Crippen MR) is 83.7 cm³/mol. The number of rotatable bonds is 2. The molecular weight excluding hydrogens is 278 g/mol. The minimum atomic E-state index is -0.508. The molecule has 22 heavy (non-hydrogen) atoms. The number of amides is 1. The number of carbonyl (C=O) groups is 1. The number of fused-ring (bicyclic) bond motifs is 1. The second-order valence-corrected chi connectivity index (χ2v) is 5.72. The smallest absolute Gasteiger partial charge is 0.251 e. The molecule has 2 aliphatic heterocycles. The average molecular weight is 295 g/mol. The summed E-state index contributed by atoms with van der Waals surface area (Å²) in [5.74, 6) is 0.0474. The number of pyridine rings is 1. The number of para-hydroxylation sites is 1. The Morgan fingerprint density at radius 1 is 1.14 bits per heavy atom. The molecule has 3 heterocycles. The summed E-state index contributed by atoms with van der Waals surface area (Å²) in [4.78, 5) is 23.4. The lowest BCUT2D eigenvalue weighted by molar-refractivity contribution is -0.133. The van der Waals surface area contributed by atoms with Gasteiger partial charge < -0.3 is 9.64 Å². The van der Waals surface area contributed by atoms with Crippen molar-refractivity contribution in [2.24, 2.45) is 4.99 Å². The van der Waals surface area contributed by atoms with E-state index in [1.807, 2.05) is 41.3 Å². The first-order valence-corrected chi connectivity index (χ1v) is 7.64. The Labute approximate surface area is 128 Å². The summed E-state index contributed by atoms with van der Waals surface area (Å²) in [6.07, 6.45) is 3.11. The monoisotopic (exact) mass is 295 g/mol. The largest absolute Gasteiger partial charge is 0.471 e. The third-order valence-corrected chi connectivity index (χ3v) is 4.30. The number of carbonyl (C=O) groups excluding carboxylic acids is 1. The number of hydrogen-bond donors (Lipinski definition) is 0. The predicted octanol–water partition coefficient (Wildman–Crippen LogP) is 2.33. The second kappa shape index (κ2) is 5.40. The quantitative estimate of drug-likeness (QED) is 0.854. The summed E-state index contributed by atoms with van der Waals surface area (Å²) in [7, 11) is 0. The van der Waals surface area contributed by atoms with Crippen molar-refractivity contribution in [2.45, 2.75) is 25.0 Å². The van der Waals surface area contributed by atoms with E-state index in [2.05, 4.69) is 9.98 Å². The number of likely N-dealkylation sites (tertiary alicyclic amines) is 1. The average Bonchev–Trinajstić information content (AvgIpc) is 3.25. The van der Waals surface area contributed by atoms with Crippen molar-refractivity contribution in [1.29, 1.82) is 0 Å². The Morgan fingerprint density at radius 2 is 1.95 bits per heavy atom. The number of nitrogens with zero attached hydrogens (tertiary/aromatic N) is 3. The van der Waals surface area contributed by atoms with Crippen molar-refractivity contribution in [3.8, 4) is 0 Å². The Hall–Kier alpha value is -2.43. The van der Waals surface area contributed by atoms with Crippen LogP contribution in [0.4, 0.5) is 0 Å². The van der Waals surface area contributed by atoms with Gasteiger partial charge >= 0.3 is 0 Å². The van der Waals surface area contributed by atoms with Gasteiger partial charge in [-0.2, -0.15) is 0 Å². The molecular formula is C17H17N3O2. The van der Waals surface area contributed by atoms with Crippen molar-refractivity contribution < 1.29 is 9.53 Å². The zero-order chi connectivity index (χ0) is 14.9. The number of aliphatic imine (C=N–C) groups is 1. The third kappa shape index (κ3) is 2.22. The first kappa shape index (κ1) is 13.2. The molecule has 0 aliphatic carbocycles. The Balaban J connectivity index is 1.63. The molecule has 0 saturated carbocycles. The van der Waals surface area contributed by atoms with Crippen molar-refractivity contribution in [3.63, 3.8) is 0 Å². The molecule has 5 nitrogen and oxygen atoms in total. The molecule has 0 spiro atoms. The Kier molecular flexibility index (Phi) is 3.25. The van der Waals surface area contributed by atoms with Crippen LogP contribution >= 0.6 is 0 Å². The second-order valence-electron chi connectivity index (χ2n) is 5.72. The zero-order valence-electron chi connectivity index (χ0n) is 12.2. The summed E-state index contributed by atoms with van der Waals surface area (Å²) in [6.45, 7) is 1.64. The molecule has 1 saturated heterocycles. The topological polar surface area (TPSA) is 54.8 Å². The highest BCUT2D eigenvalue weighted by atomic mass is 16.5. The Bertz CT molecular complexity index is 738. The molecule has 0 unspecified atom stereocenters. The van der Waals surface area contributed by atoms with Gasteiger partial charge in [-0.1, -0.05) is 24.3 Å². The van der Waals surface area contributed by atoms with E-state index in [1.165, 1.54) is 6.40 Å². The van der Waals surface area contributed by atoms with Gasteiger partial charge in [0.2, 0.25) is 0 Å².